The average molecular weight is 427 g/mol. The van der Waals surface area contributed by atoms with E-state index in [-0.39, 0.29) is 5.91 Å². The molecular formula is C22H25N3O6. The minimum Gasteiger partial charge on any atom is -0.497 e. The Morgan fingerprint density at radius 1 is 0.935 bits per heavy atom. The molecule has 1 heterocycles. The standard InChI is InChI=1S/C22H25N3O6/c1-12-18(21(26)24-14-6-8-15(28-2)9-7-14)19(25-22(27)23-12)13-10-16(29-3)20(31-5)17(11-13)30-4/h6-11,19H,1-5H3,(H,24,26)(H2,23,25,27). The number of nitrogens with one attached hydrogen (secondary N) is 3. The van der Waals surface area contributed by atoms with Gasteiger partial charge in [0.15, 0.2) is 11.5 Å². The van der Waals surface area contributed by atoms with Crippen LogP contribution in [0.2, 0.25) is 0 Å². The fraction of sp³-hybridized carbons (Fsp3) is 0.273. The molecule has 0 fully saturated rings. The van der Waals surface area contributed by atoms with Crippen LogP contribution >= 0.6 is 0 Å². The van der Waals surface area contributed by atoms with Crippen LogP contribution in [-0.4, -0.2) is 40.4 Å². The Hall–Kier alpha value is -3.88. The van der Waals surface area contributed by atoms with Gasteiger partial charge in [0.05, 0.1) is 40.1 Å². The minimum atomic E-state index is -0.735. The predicted octanol–water partition coefficient (Wildman–Crippen LogP) is 2.99. The first kappa shape index (κ1) is 21.8. The maximum atomic E-state index is 13.2. The molecule has 0 saturated carbocycles. The monoisotopic (exact) mass is 427 g/mol. The zero-order valence-electron chi connectivity index (χ0n) is 18.0. The van der Waals surface area contributed by atoms with Crippen molar-refractivity contribution in [1.29, 1.82) is 0 Å². The van der Waals surface area contributed by atoms with E-state index in [0.717, 1.165) is 0 Å². The summed E-state index contributed by atoms with van der Waals surface area (Å²) >= 11 is 0. The molecule has 9 nitrogen and oxygen atoms in total. The predicted molar refractivity (Wildman–Crippen MR) is 115 cm³/mol. The van der Waals surface area contributed by atoms with Crippen LogP contribution < -0.4 is 34.9 Å². The van der Waals surface area contributed by atoms with Gasteiger partial charge in [-0.05, 0) is 48.9 Å². The van der Waals surface area contributed by atoms with Crippen molar-refractivity contribution in [3.05, 3.63) is 53.2 Å². The molecule has 1 unspecified atom stereocenters. The summed E-state index contributed by atoms with van der Waals surface area (Å²) in [5.74, 6) is 1.55. The molecule has 1 aliphatic heterocycles. The first-order valence-electron chi connectivity index (χ1n) is 9.45. The number of carbonyl (C=O) groups is 2. The maximum Gasteiger partial charge on any atom is 0.319 e. The van der Waals surface area contributed by atoms with Gasteiger partial charge in [-0.2, -0.15) is 0 Å². The second-order valence-corrected chi connectivity index (χ2v) is 6.71. The summed E-state index contributed by atoms with van der Waals surface area (Å²) < 4.78 is 21.3. The molecule has 0 saturated heterocycles. The van der Waals surface area contributed by atoms with Crippen LogP contribution in [-0.2, 0) is 4.79 Å². The number of rotatable bonds is 7. The molecule has 1 atom stereocenters. The lowest BCUT2D eigenvalue weighted by Crippen LogP contribution is -2.46. The maximum absolute atomic E-state index is 13.2. The number of hydrogen-bond donors (Lipinski definition) is 3. The summed E-state index contributed by atoms with van der Waals surface area (Å²) in [6, 6.07) is 9.20. The number of carbonyl (C=O) groups excluding carboxylic acids is 2. The number of urea groups is 1. The SMILES string of the molecule is COc1ccc(NC(=O)C2=C(C)NC(=O)NC2c2cc(OC)c(OC)c(OC)c2)cc1. The summed E-state index contributed by atoms with van der Waals surface area (Å²) in [5.41, 5.74) is 1.98. The summed E-state index contributed by atoms with van der Waals surface area (Å²) in [6.07, 6.45) is 0. The van der Waals surface area contributed by atoms with E-state index in [4.69, 9.17) is 18.9 Å². The molecule has 0 aromatic heterocycles. The van der Waals surface area contributed by atoms with Crippen LogP contribution in [0.5, 0.6) is 23.0 Å². The molecule has 1 aliphatic rings. The number of hydrogen-bond acceptors (Lipinski definition) is 6. The first-order valence-corrected chi connectivity index (χ1v) is 9.45. The molecule has 3 rings (SSSR count). The fourth-order valence-electron chi connectivity index (χ4n) is 3.39. The molecule has 31 heavy (non-hydrogen) atoms. The van der Waals surface area contributed by atoms with Gasteiger partial charge in [0.25, 0.3) is 5.91 Å². The third-order valence-corrected chi connectivity index (χ3v) is 4.88. The van der Waals surface area contributed by atoms with E-state index in [1.807, 2.05) is 0 Å². The van der Waals surface area contributed by atoms with Gasteiger partial charge in [-0.25, -0.2) is 4.79 Å². The third kappa shape index (κ3) is 4.50. The van der Waals surface area contributed by atoms with Gasteiger partial charge in [-0.15, -0.1) is 0 Å². The van der Waals surface area contributed by atoms with E-state index in [0.29, 0.717) is 45.5 Å². The highest BCUT2D eigenvalue weighted by molar-refractivity contribution is 6.06. The number of amides is 3. The Morgan fingerprint density at radius 2 is 1.55 bits per heavy atom. The van der Waals surface area contributed by atoms with E-state index >= 15 is 0 Å². The molecular weight excluding hydrogens is 402 g/mol. The van der Waals surface area contributed by atoms with Crippen LogP contribution in [0.4, 0.5) is 10.5 Å². The topological polar surface area (TPSA) is 107 Å². The summed E-state index contributed by atoms with van der Waals surface area (Å²) in [5, 5.41) is 8.31. The molecule has 3 N–H and O–H groups in total. The third-order valence-electron chi connectivity index (χ3n) is 4.88. The van der Waals surface area contributed by atoms with Crippen molar-refractivity contribution >= 4 is 17.6 Å². The first-order chi connectivity index (χ1) is 14.9. The lowest BCUT2D eigenvalue weighted by atomic mass is 9.94. The second-order valence-electron chi connectivity index (χ2n) is 6.71. The van der Waals surface area contributed by atoms with Crippen LogP contribution in [0.15, 0.2) is 47.7 Å². The number of ether oxygens (including phenoxy) is 4. The van der Waals surface area contributed by atoms with Crippen LogP contribution in [0, 0.1) is 0 Å². The lowest BCUT2D eigenvalue weighted by Gasteiger charge is -2.29. The Bertz CT molecular complexity index is 991. The molecule has 3 amide bonds. The summed E-state index contributed by atoms with van der Waals surface area (Å²) in [6.45, 7) is 1.67. The van der Waals surface area contributed by atoms with Gasteiger partial charge in [-0.3, -0.25) is 4.79 Å². The van der Waals surface area contributed by atoms with E-state index in [2.05, 4.69) is 16.0 Å². The zero-order valence-corrected chi connectivity index (χ0v) is 18.0. The average Bonchev–Trinajstić information content (AvgIpc) is 2.77. The lowest BCUT2D eigenvalue weighted by molar-refractivity contribution is -0.113. The van der Waals surface area contributed by atoms with Gasteiger partial charge >= 0.3 is 6.03 Å². The van der Waals surface area contributed by atoms with Crippen molar-refractivity contribution in [1.82, 2.24) is 10.6 Å². The van der Waals surface area contributed by atoms with E-state index < -0.39 is 12.1 Å². The molecule has 0 bridgehead atoms. The normalized spacial score (nSPS) is 15.5. The number of allylic oxidation sites excluding steroid dienone is 1. The van der Waals surface area contributed by atoms with Gasteiger partial charge in [0.2, 0.25) is 5.75 Å². The van der Waals surface area contributed by atoms with Crippen molar-refractivity contribution in [2.24, 2.45) is 0 Å². The zero-order chi connectivity index (χ0) is 22.5. The second kappa shape index (κ2) is 9.29. The largest absolute Gasteiger partial charge is 0.497 e. The van der Waals surface area contributed by atoms with Gasteiger partial charge in [0.1, 0.15) is 5.75 Å². The van der Waals surface area contributed by atoms with Gasteiger partial charge in [0, 0.05) is 11.4 Å². The van der Waals surface area contributed by atoms with Gasteiger partial charge < -0.3 is 34.9 Å². The van der Waals surface area contributed by atoms with Crippen LogP contribution in [0.3, 0.4) is 0 Å². The molecule has 9 heteroatoms. The Morgan fingerprint density at radius 3 is 2.06 bits per heavy atom. The van der Waals surface area contributed by atoms with Crippen molar-refractivity contribution in [3.63, 3.8) is 0 Å². The molecule has 2 aromatic rings. The number of benzene rings is 2. The Balaban J connectivity index is 2.00. The van der Waals surface area contributed by atoms with E-state index in [9.17, 15) is 9.59 Å². The molecule has 164 valence electrons. The molecule has 0 aliphatic carbocycles. The highest BCUT2D eigenvalue weighted by atomic mass is 16.5. The van der Waals surface area contributed by atoms with Crippen molar-refractivity contribution in [3.8, 4) is 23.0 Å². The van der Waals surface area contributed by atoms with Crippen molar-refractivity contribution in [2.45, 2.75) is 13.0 Å². The molecule has 2 aromatic carbocycles. The Kier molecular flexibility index (Phi) is 6.54. The smallest absolute Gasteiger partial charge is 0.319 e. The Labute approximate surface area is 180 Å². The fourth-order valence-corrected chi connectivity index (χ4v) is 3.39. The quantitative estimate of drug-likeness (QED) is 0.627. The summed E-state index contributed by atoms with van der Waals surface area (Å²) in [4.78, 5) is 25.4. The minimum absolute atomic E-state index is 0.352. The van der Waals surface area contributed by atoms with Crippen LogP contribution in [0.25, 0.3) is 0 Å². The van der Waals surface area contributed by atoms with E-state index in [1.54, 1.807) is 50.4 Å². The highest BCUT2D eigenvalue weighted by Crippen LogP contribution is 2.41. The highest BCUT2D eigenvalue weighted by Gasteiger charge is 2.32. The molecule has 0 radical (unpaired) electrons. The van der Waals surface area contributed by atoms with Crippen molar-refractivity contribution < 1.29 is 28.5 Å². The number of anilines is 1. The van der Waals surface area contributed by atoms with Crippen LogP contribution in [0.1, 0.15) is 18.5 Å². The van der Waals surface area contributed by atoms with E-state index in [1.165, 1.54) is 21.3 Å². The number of methoxy groups -OCH3 is 4. The summed E-state index contributed by atoms with van der Waals surface area (Å²) in [7, 11) is 6.07. The molecule has 0 spiro atoms. The van der Waals surface area contributed by atoms with Gasteiger partial charge in [-0.1, -0.05) is 0 Å². The van der Waals surface area contributed by atoms with Crippen molar-refractivity contribution in [2.75, 3.05) is 33.8 Å².